The van der Waals surface area contributed by atoms with Crippen LogP contribution in [0.5, 0.6) is 0 Å². The van der Waals surface area contributed by atoms with Crippen LogP contribution >= 0.6 is 0 Å². The standard InChI is InChI=1S/C15H26N2O3/c1-14(2,3)12-9-11(17-20-12)13(19)16-8-6-7-15(4,5)10-18/h9,18H,6-8,10H2,1-5H3,(H,16,19). The van der Waals surface area contributed by atoms with Gasteiger partial charge in [0.25, 0.3) is 5.91 Å². The quantitative estimate of drug-likeness (QED) is 0.786. The normalized spacial score (nSPS) is 12.5. The van der Waals surface area contributed by atoms with E-state index in [1.54, 1.807) is 6.07 Å². The van der Waals surface area contributed by atoms with Gasteiger partial charge in [-0.1, -0.05) is 39.8 Å². The van der Waals surface area contributed by atoms with E-state index in [1.165, 1.54) is 0 Å². The van der Waals surface area contributed by atoms with Crippen LogP contribution in [0.15, 0.2) is 10.6 Å². The molecule has 0 saturated heterocycles. The lowest BCUT2D eigenvalue weighted by Gasteiger charge is -2.21. The Kier molecular flexibility index (Phi) is 5.34. The highest BCUT2D eigenvalue weighted by molar-refractivity contribution is 5.92. The second kappa shape index (κ2) is 6.39. The molecule has 1 heterocycles. The molecular formula is C15H26N2O3. The van der Waals surface area contributed by atoms with Gasteiger partial charge in [-0.2, -0.15) is 0 Å². The van der Waals surface area contributed by atoms with E-state index in [0.29, 0.717) is 18.0 Å². The predicted molar refractivity (Wildman–Crippen MR) is 77.6 cm³/mol. The molecule has 5 nitrogen and oxygen atoms in total. The zero-order valence-electron chi connectivity index (χ0n) is 13.1. The number of nitrogens with one attached hydrogen (secondary N) is 1. The van der Waals surface area contributed by atoms with Crippen LogP contribution in [0.3, 0.4) is 0 Å². The summed E-state index contributed by atoms with van der Waals surface area (Å²) in [6, 6.07) is 1.69. The van der Waals surface area contributed by atoms with Crippen LogP contribution in [-0.4, -0.2) is 29.3 Å². The first-order valence-electron chi connectivity index (χ1n) is 7.02. The summed E-state index contributed by atoms with van der Waals surface area (Å²) in [6.45, 7) is 10.7. The van der Waals surface area contributed by atoms with E-state index < -0.39 is 0 Å². The largest absolute Gasteiger partial charge is 0.396 e. The monoisotopic (exact) mass is 282 g/mol. The smallest absolute Gasteiger partial charge is 0.273 e. The minimum absolute atomic E-state index is 0.0992. The van der Waals surface area contributed by atoms with Crippen LogP contribution in [0.2, 0.25) is 0 Å². The Balaban J connectivity index is 2.42. The maximum absolute atomic E-state index is 11.9. The molecule has 0 spiro atoms. The van der Waals surface area contributed by atoms with Gasteiger partial charge in [0, 0.05) is 24.6 Å². The molecule has 0 aliphatic carbocycles. The first-order chi connectivity index (χ1) is 9.15. The molecule has 1 rings (SSSR count). The molecule has 0 bridgehead atoms. The maximum Gasteiger partial charge on any atom is 0.273 e. The van der Waals surface area contributed by atoms with Gasteiger partial charge in [0.1, 0.15) is 5.76 Å². The first-order valence-corrected chi connectivity index (χ1v) is 7.02. The van der Waals surface area contributed by atoms with Gasteiger partial charge in [0.15, 0.2) is 5.69 Å². The molecule has 0 radical (unpaired) electrons. The zero-order valence-corrected chi connectivity index (χ0v) is 13.1. The highest BCUT2D eigenvalue weighted by atomic mass is 16.5. The molecule has 0 fully saturated rings. The van der Waals surface area contributed by atoms with Crippen molar-refractivity contribution in [1.82, 2.24) is 10.5 Å². The summed E-state index contributed by atoms with van der Waals surface area (Å²) >= 11 is 0. The summed E-state index contributed by atoms with van der Waals surface area (Å²) in [5, 5.41) is 15.8. The van der Waals surface area contributed by atoms with Gasteiger partial charge in [-0.15, -0.1) is 0 Å². The Bertz CT molecular complexity index is 444. The Morgan fingerprint density at radius 1 is 1.35 bits per heavy atom. The first kappa shape index (κ1) is 16.7. The fourth-order valence-corrected chi connectivity index (χ4v) is 1.67. The highest BCUT2D eigenvalue weighted by Gasteiger charge is 2.22. The van der Waals surface area contributed by atoms with Crippen LogP contribution in [0.1, 0.15) is 63.7 Å². The topological polar surface area (TPSA) is 75.4 Å². The molecule has 5 heteroatoms. The van der Waals surface area contributed by atoms with Crippen LogP contribution in [-0.2, 0) is 5.41 Å². The lowest BCUT2D eigenvalue weighted by atomic mass is 9.89. The number of nitrogens with zero attached hydrogens (tertiary/aromatic N) is 1. The molecule has 1 aromatic heterocycles. The van der Waals surface area contributed by atoms with Crippen LogP contribution in [0.4, 0.5) is 0 Å². The van der Waals surface area contributed by atoms with E-state index in [0.717, 1.165) is 12.8 Å². The van der Waals surface area contributed by atoms with Gasteiger partial charge in [-0.3, -0.25) is 4.79 Å². The van der Waals surface area contributed by atoms with Crippen molar-refractivity contribution < 1.29 is 14.4 Å². The summed E-state index contributed by atoms with van der Waals surface area (Å²) in [7, 11) is 0. The van der Waals surface area contributed by atoms with Crippen LogP contribution in [0, 0.1) is 5.41 Å². The summed E-state index contributed by atoms with van der Waals surface area (Å²) in [5.74, 6) is 0.482. The van der Waals surface area contributed by atoms with Gasteiger partial charge >= 0.3 is 0 Å². The maximum atomic E-state index is 11.9. The minimum Gasteiger partial charge on any atom is -0.396 e. The Labute approximate surface area is 120 Å². The lowest BCUT2D eigenvalue weighted by molar-refractivity contribution is 0.0939. The van der Waals surface area contributed by atoms with Gasteiger partial charge in [0.05, 0.1) is 0 Å². The third-order valence-corrected chi connectivity index (χ3v) is 3.23. The summed E-state index contributed by atoms with van der Waals surface area (Å²) in [6.07, 6.45) is 1.68. The molecule has 2 N–H and O–H groups in total. The molecule has 20 heavy (non-hydrogen) atoms. The summed E-state index contributed by atoms with van der Waals surface area (Å²) < 4.78 is 5.18. The van der Waals surface area contributed by atoms with Crippen molar-refractivity contribution in [1.29, 1.82) is 0 Å². The molecule has 0 atom stereocenters. The van der Waals surface area contributed by atoms with E-state index in [2.05, 4.69) is 10.5 Å². The summed E-state index contributed by atoms with van der Waals surface area (Å²) in [4.78, 5) is 11.9. The SMILES string of the molecule is CC(C)(CO)CCCNC(=O)c1cc(C(C)(C)C)on1. The van der Waals surface area contributed by atoms with E-state index >= 15 is 0 Å². The van der Waals surface area contributed by atoms with Crippen molar-refractivity contribution in [2.45, 2.75) is 52.9 Å². The van der Waals surface area contributed by atoms with Crippen molar-refractivity contribution in [2.24, 2.45) is 5.41 Å². The number of hydrogen-bond acceptors (Lipinski definition) is 4. The number of carbonyl (C=O) groups is 1. The molecule has 0 unspecified atom stereocenters. The number of aromatic nitrogens is 1. The number of aliphatic hydroxyl groups excluding tert-OH is 1. The fraction of sp³-hybridized carbons (Fsp3) is 0.733. The molecule has 0 aliphatic rings. The zero-order chi connectivity index (χ0) is 15.4. The van der Waals surface area contributed by atoms with Crippen molar-refractivity contribution in [3.63, 3.8) is 0 Å². The van der Waals surface area contributed by atoms with E-state index in [9.17, 15) is 4.79 Å². The molecule has 114 valence electrons. The summed E-state index contributed by atoms with van der Waals surface area (Å²) in [5.41, 5.74) is 0.0608. The Hall–Kier alpha value is -1.36. The molecular weight excluding hydrogens is 256 g/mol. The number of aliphatic hydroxyl groups is 1. The van der Waals surface area contributed by atoms with Gasteiger partial charge < -0.3 is 14.9 Å². The molecule has 0 saturated carbocycles. The van der Waals surface area contributed by atoms with Crippen LogP contribution < -0.4 is 5.32 Å². The predicted octanol–water partition coefficient (Wildman–Crippen LogP) is 2.50. The lowest BCUT2D eigenvalue weighted by Crippen LogP contribution is -2.26. The van der Waals surface area contributed by atoms with Gasteiger partial charge in [0.2, 0.25) is 0 Å². The Morgan fingerprint density at radius 2 is 2.00 bits per heavy atom. The van der Waals surface area contributed by atoms with Crippen molar-refractivity contribution >= 4 is 5.91 Å². The Morgan fingerprint density at radius 3 is 2.50 bits per heavy atom. The number of carbonyl (C=O) groups excluding carboxylic acids is 1. The fourth-order valence-electron chi connectivity index (χ4n) is 1.67. The van der Waals surface area contributed by atoms with Gasteiger partial charge in [-0.25, -0.2) is 0 Å². The third kappa shape index (κ3) is 4.96. The minimum atomic E-state index is -0.217. The highest BCUT2D eigenvalue weighted by Crippen LogP contribution is 2.23. The second-order valence-corrected chi connectivity index (χ2v) is 7.01. The molecule has 1 amide bonds. The van der Waals surface area contributed by atoms with Crippen molar-refractivity contribution in [3.8, 4) is 0 Å². The van der Waals surface area contributed by atoms with E-state index in [4.69, 9.17) is 9.63 Å². The molecule has 0 aromatic carbocycles. The van der Waals surface area contributed by atoms with Crippen LogP contribution in [0.25, 0.3) is 0 Å². The number of amides is 1. The number of hydrogen-bond donors (Lipinski definition) is 2. The number of rotatable bonds is 6. The van der Waals surface area contributed by atoms with E-state index in [-0.39, 0.29) is 23.3 Å². The van der Waals surface area contributed by atoms with E-state index in [1.807, 2.05) is 34.6 Å². The average molecular weight is 282 g/mol. The average Bonchev–Trinajstić information content (AvgIpc) is 2.84. The second-order valence-electron chi connectivity index (χ2n) is 7.01. The third-order valence-electron chi connectivity index (χ3n) is 3.23. The van der Waals surface area contributed by atoms with Crippen molar-refractivity contribution in [2.75, 3.05) is 13.2 Å². The van der Waals surface area contributed by atoms with Gasteiger partial charge in [-0.05, 0) is 18.3 Å². The van der Waals surface area contributed by atoms with Crippen molar-refractivity contribution in [3.05, 3.63) is 17.5 Å². The molecule has 0 aliphatic heterocycles. The molecule has 1 aromatic rings.